The topological polar surface area (TPSA) is 25.8 Å². The van der Waals surface area contributed by atoms with E-state index in [1.165, 1.54) is 0 Å². The average molecular weight is 131 g/mol. The predicted octanol–water partition coefficient (Wildman–Crippen LogP) is 1.63. The van der Waals surface area contributed by atoms with Crippen LogP contribution in [-0.4, -0.2) is 9.97 Å². The molecule has 0 aliphatic rings. The molecule has 0 saturated carbocycles. The highest BCUT2D eigenvalue weighted by atomic mass is 14.6. The standard InChI is InChI=1S/C8H6N2/c1-3-9-5-8-6-10-4-2-7(1)8/h1-6H/i3D. The van der Waals surface area contributed by atoms with E-state index in [9.17, 15) is 0 Å². The first-order valence-electron chi connectivity index (χ1n) is 3.52. The van der Waals surface area contributed by atoms with Gasteiger partial charge in [0.1, 0.15) is 0 Å². The summed E-state index contributed by atoms with van der Waals surface area (Å²) in [5, 5.41) is 1.99. The van der Waals surface area contributed by atoms with E-state index in [-0.39, 0.29) is 0 Å². The maximum absolute atomic E-state index is 7.25. The second kappa shape index (κ2) is 2.06. The summed E-state index contributed by atoms with van der Waals surface area (Å²) in [4.78, 5) is 7.78. The molecule has 0 aromatic carbocycles. The lowest BCUT2D eigenvalue weighted by Gasteiger charge is -1.91. The van der Waals surface area contributed by atoms with Gasteiger partial charge in [-0.05, 0) is 17.5 Å². The van der Waals surface area contributed by atoms with Crippen molar-refractivity contribution in [3.63, 3.8) is 0 Å². The van der Waals surface area contributed by atoms with E-state index < -0.39 is 0 Å². The van der Waals surface area contributed by atoms with Crippen molar-refractivity contribution < 1.29 is 1.37 Å². The molecular weight excluding hydrogens is 124 g/mol. The normalized spacial score (nSPS) is 11.4. The Kier molecular flexibility index (Phi) is 0.905. The van der Waals surface area contributed by atoms with Crippen LogP contribution in [0.15, 0.2) is 36.9 Å². The van der Waals surface area contributed by atoms with Crippen LogP contribution >= 0.6 is 0 Å². The van der Waals surface area contributed by atoms with Crippen LogP contribution in [-0.2, 0) is 0 Å². The molecule has 0 aliphatic carbocycles. The quantitative estimate of drug-likeness (QED) is 0.543. The number of aromatic nitrogens is 2. The molecule has 2 rings (SSSR count). The minimum absolute atomic E-state index is 0.295. The number of fused-ring (bicyclic) bond motifs is 1. The lowest BCUT2D eigenvalue weighted by atomic mass is 10.2. The van der Waals surface area contributed by atoms with Crippen LogP contribution in [0.2, 0.25) is 0 Å². The van der Waals surface area contributed by atoms with Gasteiger partial charge in [-0.2, -0.15) is 0 Å². The summed E-state index contributed by atoms with van der Waals surface area (Å²) >= 11 is 0. The molecule has 10 heavy (non-hydrogen) atoms. The maximum Gasteiger partial charge on any atom is 0.0840 e. The molecule has 0 aliphatic heterocycles. The van der Waals surface area contributed by atoms with E-state index in [0.717, 1.165) is 10.8 Å². The third-order valence-electron chi connectivity index (χ3n) is 1.39. The molecule has 0 bridgehead atoms. The van der Waals surface area contributed by atoms with Crippen LogP contribution in [0.4, 0.5) is 0 Å². The Balaban J connectivity index is 2.83. The van der Waals surface area contributed by atoms with Crippen molar-refractivity contribution in [2.75, 3.05) is 0 Å². The molecule has 0 amide bonds. The molecule has 0 unspecified atom stereocenters. The monoisotopic (exact) mass is 131 g/mol. The molecule has 0 fully saturated rings. The smallest absolute Gasteiger partial charge is 0.0840 e. The Morgan fingerprint density at radius 1 is 1.10 bits per heavy atom. The highest BCUT2D eigenvalue weighted by Crippen LogP contribution is 2.07. The molecule has 2 aromatic rings. The lowest BCUT2D eigenvalue weighted by molar-refractivity contribution is 1.32. The number of pyridine rings is 2. The Morgan fingerprint density at radius 3 is 3.00 bits per heavy atom. The van der Waals surface area contributed by atoms with Crippen molar-refractivity contribution in [1.29, 1.82) is 0 Å². The SMILES string of the molecule is [2H]c1cc2ccncc2cn1. The van der Waals surface area contributed by atoms with Gasteiger partial charge in [-0.1, -0.05) is 0 Å². The number of nitrogens with zero attached hydrogens (tertiary/aromatic N) is 2. The molecule has 0 N–H and O–H groups in total. The van der Waals surface area contributed by atoms with E-state index in [1.54, 1.807) is 24.7 Å². The Labute approximate surface area is 60.0 Å². The van der Waals surface area contributed by atoms with Crippen molar-refractivity contribution in [1.82, 2.24) is 9.97 Å². The molecule has 2 heteroatoms. The first-order valence-corrected chi connectivity index (χ1v) is 3.02. The summed E-state index contributed by atoms with van der Waals surface area (Å²) in [6.45, 7) is 0. The summed E-state index contributed by atoms with van der Waals surface area (Å²) in [6.07, 6.45) is 5.40. The average Bonchev–Trinajstić information content (AvgIpc) is 2.04. The van der Waals surface area contributed by atoms with Gasteiger partial charge in [0, 0.05) is 30.1 Å². The molecule has 48 valence electrons. The van der Waals surface area contributed by atoms with Crippen molar-refractivity contribution >= 4 is 10.8 Å². The van der Waals surface area contributed by atoms with Crippen molar-refractivity contribution in [3.8, 4) is 0 Å². The fourth-order valence-electron chi connectivity index (χ4n) is 0.870. The molecule has 2 nitrogen and oxygen atoms in total. The first kappa shape index (κ1) is 4.39. The minimum Gasteiger partial charge on any atom is -0.264 e. The zero-order chi connectivity index (χ0) is 7.68. The van der Waals surface area contributed by atoms with E-state index in [1.807, 2.05) is 6.07 Å². The molecule has 2 heterocycles. The zero-order valence-corrected chi connectivity index (χ0v) is 5.28. The summed E-state index contributed by atoms with van der Waals surface area (Å²) < 4.78 is 7.25. The molecule has 2 aromatic heterocycles. The first-order chi connectivity index (χ1) is 5.36. The highest BCUT2D eigenvalue weighted by molar-refractivity contribution is 5.79. The van der Waals surface area contributed by atoms with Crippen molar-refractivity contribution in [2.45, 2.75) is 0 Å². The van der Waals surface area contributed by atoms with E-state index in [2.05, 4.69) is 9.97 Å². The highest BCUT2D eigenvalue weighted by Gasteiger charge is 1.87. The largest absolute Gasteiger partial charge is 0.264 e. The summed E-state index contributed by atoms with van der Waals surface area (Å²) in [5.41, 5.74) is 0. The molecular formula is C8H6N2. The Hall–Kier alpha value is -1.44. The number of hydrogen-bond donors (Lipinski definition) is 0. The molecule has 0 saturated heterocycles. The summed E-state index contributed by atoms with van der Waals surface area (Å²) in [5.74, 6) is 0. The second-order valence-electron chi connectivity index (χ2n) is 2.04. The van der Waals surface area contributed by atoms with Gasteiger partial charge in [0.15, 0.2) is 0 Å². The minimum atomic E-state index is 0.295. The van der Waals surface area contributed by atoms with E-state index in [4.69, 9.17) is 1.37 Å². The van der Waals surface area contributed by atoms with Gasteiger partial charge in [0.05, 0.1) is 1.37 Å². The van der Waals surface area contributed by atoms with E-state index in [0.29, 0.717) is 6.17 Å². The fourth-order valence-corrected chi connectivity index (χ4v) is 0.870. The summed E-state index contributed by atoms with van der Waals surface area (Å²) in [7, 11) is 0. The van der Waals surface area contributed by atoms with Crippen LogP contribution in [0, 0.1) is 0 Å². The van der Waals surface area contributed by atoms with Crippen molar-refractivity contribution in [3.05, 3.63) is 36.9 Å². The van der Waals surface area contributed by atoms with Crippen LogP contribution in [0.25, 0.3) is 10.8 Å². The molecule has 0 radical (unpaired) electrons. The molecule has 0 atom stereocenters. The van der Waals surface area contributed by atoms with Crippen LogP contribution in [0.5, 0.6) is 0 Å². The van der Waals surface area contributed by atoms with Gasteiger partial charge in [-0.25, -0.2) is 0 Å². The van der Waals surface area contributed by atoms with Crippen LogP contribution < -0.4 is 0 Å². The van der Waals surface area contributed by atoms with Gasteiger partial charge in [0.2, 0.25) is 0 Å². The van der Waals surface area contributed by atoms with Gasteiger partial charge in [-0.3, -0.25) is 9.97 Å². The lowest BCUT2D eigenvalue weighted by Crippen LogP contribution is -1.74. The zero-order valence-electron chi connectivity index (χ0n) is 6.28. The predicted molar refractivity (Wildman–Crippen MR) is 39.5 cm³/mol. The summed E-state index contributed by atoms with van der Waals surface area (Å²) in [6, 6.07) is 3.59. The van der Waals surface area contributed by atoms with Gasteiger partial charge < -0.3 is 0 Å². The van der Waals surface area contributed by atoms with Gasteiger partial charge in [-0.15, -0.1) is 0 Å². The Morgan fingerprint density at radius 2 is 2.00 bits per heavy atom. The number of hydrogen-bond acceptors (Lipinski definition) is 2. The van der Waals surface area contributed by atoms with Gasteiger partial charge >= 0.3 is 0 Å². The van der Waals surface area contributed by atoms with E-state index >= 15 is 0 Å². The van der Waals surface area contributed by atoms with Crippen molar-refractivity contribution in [2.24, 2.45) is 0 Å². The Bertz CT molecular complexity index is 387. The second-order valence-corrected chi connectivity index (χ2v) is 2.04. The van der Waals surface area contributed by atoms with Gasteiger partial charge in [0.25, 0.3) is 0 Å². The number of rotatable bonds is 0. The third-order valence-corrected chi connectivity index (χ3v) is 1.39. The van der Waals surface area contributed by atoms with Crippen LogP contribution in [0.3, 0.4) is 0 Å². The van der Waals surface area contributed by atoms with Crippen LogP contribution in [0.1, 0.15) is 1.37 Å². The third kappa shape index (κ3) is 0.739. The molecule has 0 spiro atoms. The fraction of sp³-hybridized carbons (Fsp3) is 0. The maximum atomic E-state index is 7.25.